The normalized spacial score (nSPS) is 20.4. The van der Waals surface area contributed by atoms with Crippen LogP contribution in [0.4, 0.5) is 4.79 Å². The van der Waals surface area contributed by atoms with E-state index < -0.39 is 5.54 Å². The van der Waals surface area contributed by atoms with Crippen molar-refractivity contribution in [2.24, 2.45) is 5.92 Å². The van der Waals surface area contributed by atoms with Gasteiger partial charge in [-0.05, 0) is 62.1 Å². The van der Waals surface area contributed by atoms with Gasteiger partial charge >= 0.3 is 6.03 Å². The number of benzene rings is 2. The topological polar surface area (TPSA) is 69.7 Å². The summed E-state index contributed by atoms with van der Waals surface area (Å²) in [6.45, 7) is 2.91. The zero-order valence-corrected chi connectivity index (χ0v) is 20.8. The number of hydrogen-bond donors (Lipinski definition) is 1. The van der Waals surface area contributed by atoms with Crippen LogP contribution in [0.5, 0.6) is 0 Å². The lowest BCUT2D eigenvalue weighted by atomic mass is 9.74. The van der Waals surface area contributed by atoms with E-state index >= 15 is 0 Å². The summed E-state index contributed by atoms with van der Waals surface area (Å²) in [5.74, 6) is 5.38. The summed E-state index contributed by atoms with van der Waals surface area (Å²) in [7, 11) is 0. The van der Waals surface area contributed by atoms with Crippen LogP contribution in [-0.4, -0.2) is 52.8 Å². The van der Waals surface area contributed by atoms with Crippen LogP contribution < -0.4 is 5.32 Å². The average molecular weight is 484 g/mol. The van der Waals surface area contributed by atoms with Crippen molar-refractivity contribution in [3.05, 3.63) is 77.9 Å². The molecule has 2 heterocycles. The van der Waals surface area contributed by atoms with E-state index in [2.05, 4.69) is 29.3 Å². The van der Waals surface area contributed by atoms with Gasteiger partial charge in [-0.2, -0.15) is 0 Å². The molecule has 2 aromatic rings. The van der Waals surface area contributed by atoms with Gasteiger partial charge < -0.3 is 10.2 Å². The predicted octanol–water partition coefficient (Wildman–Crippen LogP) is 4.28. The maximum absolute atomic E-state index is 13.6. The molecule has 0 saturated carbocycles. The number of rotatable bonds is 8. The Hall–Kier alpha value is -3.85. The van der Waals surface area contributed by atoms with Gasteiger partial charge in [-0.15, -0.1) is 5.92 Å². The van der Waals surface area contributed by atoms with Crippen LogP contribution in [0.25, 0.3) is 6.08 Å². The van der Waals surface area contributed by atoms with Crippen molar-refractivity contribution in [2.75, 3.05) is 19.6 Å². The van der Waals surface area contributed by atoms with Gasteiger partial charge in [0.2, 0.25) is 5.91 Å². The van der Waals surface area contributed by atoms with E-state index in [1.807, 2.05) is 59.5 Å². The summed E-state index contributed by atoms with van der Waals surface area (Å²) in [5.41, 5.74) is 1.24. The van der Waals surface area contributed by atoms with E-state index in [-0.39, 0.29) is 30.3 Å². The maximum Gasteiger partial charge on any atom is 0.325 e. The third-order valence-electron chi connectivity index (χ3n) is 7.22. The summed E-state index contributed by atoms with van der Waals surface area (Å²) in [6, 6.07) is 19.5. The Labute approximate surface area is 213 Å². The minimum absolute atomic E-state index is 0.0305. The Morgan fingerprint density at radius 3 is 2.39 bits per heavy atom. The molecule has 1 unspecified atom stereocenters. The Balaban J connectivity index is 1.44. The number of nitrogens with zero attached hydrogens (tertiary/aromatic N) is 2. The second-order valence-corrected chi connectivity index (χ2v) is 9.40. The first-order valence-corrected chi connectivity index (χ1v) is 12.6. The highest BCUT2D eigenvalue weighted by atomic mass is 16.2. The second-order valence-electron chi connectivity index (χ2n) is 9.40. The van der Waals surface area contributed by atoms with Gasteiger partial charge in [0.1, 0.15) is 5.54 Å². The monoisotopic (exact) mass is 483 g/mol. The van der Waals surface area contributed by atoms with Crippen molar-refractivity contribution >= 4 is 23.9 Å². The Kier molecular flexibility index (Phi) is 8.22. The van der Waals surface area contributed by atoms with E-state index in [9.17, 15) is 14.4 Å². The number of carbonyl (C=O) groups excluding carboxylic acids is 3. The lowest BCUT2D eigenvalue weighted by Crippen LogP contribution is -2.56. The predicted molar refractivity (Wildman–Crippen MR) is 141 cm³/mol. The molecule has 0 aliphatic carbocycles. The quantitative estimate of drug-likeness (QED) is 0.346. The number of nitrogens with one attached hydrogen (secondary N) is 1. The molecule has 2 fully saturated rings. The van der Waals surface area contributed by atoms with Crippen LogP contribution in [0.1, 0.15) is 43.7 Å². The molecular weight excluding hydrogens is 450 g/mol. The van der Waals surface area contributed by atoms with Crippen molar-refractivity contribution in [3.8, 4) is 11.8 Å². The minimum Gasteiger partial charge on any atom is -0.339 e. The van der Waals surface area contributed by atoms with Crippen LogP contribution in [0.3, 0.4) is 0 Å². The van der Waals surface area contributed by atoms with Gasteiger partial charge in [-0.25, -0.2) is 4.79 Å². The lowest BCUT2D eigenvalue weighted by Gasteiger charge is -2.40. The Morgan fingerprint density at radius 2 is 1.72 bits per heavy atom. The smallest absolute Gasteiger partial charge is 0.325 e. The molecule has 0 spiro atoms. The lowest BCUT2D eigenvalue weighted by molar-refractivity contribution is -0.134. The van der Waals surface area contributed by atoms with Crippen LogP contribution in [0, 0.1) is 17.8 Å². The van der Waals surface area contributed by atoms with Gasteiger partial charge in [0.25, 0.3) is 5.91 Å². The standard InChI is InChI=1S/C30H33N3O3/c1-2-3-21-33-28(35)30(31-29(33)36,20-10-15-24-11-6-4-7-12-24)26-18-22-32(23-19-26)27(34)17-16-25-13-8-5-9-14-25/h4-9,11-14,16-17,26H,10,15,18-23H2,1H3,(H,31,36)/b17-16+. The largest absolute Gasteiger partial charge is 0.339 e. The fourth-order valence-electron chi connectivity index (χ4n) is 5.24. The number of piperidine rings is 1. The van der Waals surface area contributed by atoms with E-state index in [0.717, 1.165) is 18.4 Å². The maximum atomic E-state index is 13.6. The molecule has 4 amide bonds. The number of aryl methyl sites for hydroxylation is 1. The van der Waals surface area contributed by atoms with Crippen molar-refractivity contribution < 1.29 is 14.4 Å². The van der Waals surface area contributed by atoms with Crippen LogP contribution in [-0.2, 0) is 16.0 Å². The number of imide groups is 1. The third-order valence-corrected chi connectivity index (χ3v) is 7.22. The molecule has 186 valence electrons. The van der Waals surface area contributed by atoms with E-state index in [4.69, 9.17) is 0 Å². The number of urea groups is 1. The van der Waals surface area contributed by atoms with E-state index in [0.29, 0.717) is 32.4 Å². The molecule has 0 aromatic heterocycles. The Morgan fingerprint density at radius 1 is 1.06 bits per heavy atom. The molecule has 6 heteroatoms. The summed E-state index contributed by atoms with van der Waals surface area (Å²) in [4.78, 5) is 42.3. The van der Waals surface area contributed by atoms with Gasteiger partial charge in [0, 0.05) is 19.2 Å². The highest BCUT2D eigenvalue weighted by Crippen LogP contribution is 2.37. The van der Waals surface area contributed by atoms with Gasteiger partial charge in [0.15, 0.2) is 0 Å². The average Bonchev–Trinajstić information content (AvgIpc) is 3.16. The van der Waals surface area contributed by atoms with Crippen LogP contribution in [0.2, 0.25) is 0 Å². The third kappa shape index (κ3) is 5.68. The van der Waals surface area contributed by atoms with Crippen molar-refractivity contribution in [1.82, 2.24) is 15.1 Å². The van der Waals surface area contributed by atoms with Crippen molar-refractivity contribution in [1.29, 1.82) is 0 Å². The molecular formula is C30H33N3O3. The van der Waals surface area contributed by atoms with Gasteiger partial charge in [-0.1, -0.05) is 66.6 Å². The summed E-state index contributed by atoms with van der Waals surface area (Å²) < 4.78 is 0. The first-order valence-electron chi connectivity index (χ1n) is 12.6. The molecule has 2 aliphatic heterocycles. The molecule has 4 rings (SSSR count). The van der Waals surface area contributed by atoms with Crippen LogP contribution >= 0.6 is 0 Å². The number of likely N-dealkylation sites (tertiary alicyclic amines) is 1. The van der Waals surface area contributed by atoms with E-state index in [1.54, 1.807) is 13.0 Å². The molecule has 1 atom stereocenters. The fourth-order valence-corrected chi connectivity index (χ4v) is 5.24. The first kappa shape index (κ1) is 25.2. The number of hydrogen-bond acceptors (Lipinski definition) is 3. The molecule has 0 radical (unpaired) electrons. The molecule has 1 N–H and O–H groups in total. The van der Waals surface area contributed by atoms with Gasteiger partial charge in [-0.3, -0.25) is 14.5 Å². The van der Waals surface area contributed by atoms with Crippen LogP contribution in [0.15, 0.2) is 66.7 Å². The van der Waals surface area contributed by atoms with Gasteiger partial charge in [0.05, 0.1) is 6.54 Å². The van der Waals surface area contributed by atoms with Crippen molar-refractivity contribution in [3.63, 3.8) is 0 Å². The molecule has 36 heavy (non-hydrogen) atoms. The molecule has 2 aromatic carbocycles. The van der Waals surface area contributed by atoms with E-state index in [1.165, 1.54) is 10.5 Å². The second kappa shape index (κ2) is 11.7. The minimum atomic E-state index is -0.948. The molecule has 0 bridgehead atoms. The van der Waals surface area contributed by atoms with Crippen molar-refractivity contribution in [2.45, 2.75) is 44.6 Å². The highest BCUT2D eigenvalue weighted by molar-refractivity contribution is 6.07. The molecule has 2 saturated heterocycles. The highest BCUT2D eigenvalue weighted by Gasteiger charge is 2.55. The summed E-state index contributed by atoms with van der Waals surface area (Å²) in [5, 5.41) is 3.08. The Bertz CT molecular complexity index is 1160. The fraction of sp³-hybridized carbons (Fsp3) is 0.367. The zero-order valence-electron chi connectivity index (χ0n) is 20.8. The first-order chi connectivity index (χ1) is 17.5. The molecule has 6 nitrogen and oxygen atoms in total. The zero-order chi connectivity index (χ0) is 25.4. The number of carbonyl (C=O) groups is 3. The SMILES string of the molecule is CC#CCN1C(=O)NC(CCCc2ccccc2)(C2CCN(C(=O)/C=C/c3ccccc3)CC2)C1=O. The summed E-state index contributed by atoms with van der Waals surface area (Å²) >= 11 is 0. The summed E-state index contributed by atoms with van der Waals surface area (Å²) in [6.07, 6.45) is 6.94. The molecule has 2 aliphatic rings. The number of amides is 4.